The highest BCUT2D eigenvalue weighted by molar-refractivity contribution is 5.63. The van der Waals surface area contributed by atoms with Crippen LogP contribution in [-0.4, -0.2) is 51.2 Å². The number of likely N-dealkylation sites (tertiary alicyclic amines) is 1. The van der Waals surface area contributed by atoms with Crippen molar-refractivity contribution in [2.24, 2.45) is 0 Å². The van der Waals surface area contributed by atoms with E-state index in [2.05, 4.69) is 25.0 Å². The molecule has 1 N–H and O–H groups in total. The van der Waals surface area contributed by atoms with Gasteiger partial charge in [-0.05, 0) is 56.0 Å². The third kappa shape index (κ3) is 4.07. The van der Waals surface area contributed by atoms with Crippen LogP contribution in [0.2, 0.25) is 0 Å². The molecule has 1 aromatic carbocycles. The van der Waals surface area contributed by atoms with Crippen molar-refractivity contribution >= 4 is 5.95 Å². The number of anilines is 1. The molecule has 0 unspecified atom stereocenters. The first-order valence-corrected chi connectivity index (χ1v) is 10.8. The van der Waals surface area contributed by atoms with Gasteiger partial charge in [-0.25, -0.2) is 14.4 Å². The largest absolute Gasteiger partial charge is 0.341 e. The standard InChI is InChI=1S/C23H27FN6/c24-19-7-3-5-17(13-19)15-29-10-4-6-18(16-29)22-20(14-26-28-22)21-8-9-25-23(27-21)30-11-1-2-12-30/h3,5,7-9,13-14,18H,1-2,4,6,10-12,15-16H2,(H,26,28)/t18-/m1/s1. The summed E-state index contributed by atoms with van der Waals surface area (Å²) in [5.74, 6) is 0.998. The summed E-state index contributed by atoms with van der Waals surface area (Å²) in [7, 11) is 0. The van der Waals surface area contributed by atoms with Crippen molar-refractivity contribution in [3.8, 4) is 11.3 Å². The van der Waals surface area contributed by atoms with Crippen molar-refractivity contribution in [1.29, 1.82) is 0 Å². The summed E-state index contributed by atoms with van der Waals surface area (Å²) in [6, 6.07) is 8.88. The van der Waals surface area contributed by atoms with Crippen LogP contribution in [0.3, 0.4) is 0 Å². The van der Waals surface area contributed by atoms with E-state index >= 15 is 0 Å². The third-order valence-corrected chi connectivity index (χ3v) is 6.19. The predicted molar refractivity (Wildman–Crippen MR) is 115 cm³/mol. The van der Waals surface area contributed by atoms with Crippen molar-refractivity contribution in [3.05, 3.63) is 59.8 Å². The third-order valence-electron chi connectivity index (χ3n) is 6.19. The Labute approximate surface area is 176 Å². The molecule has 0 amide bonds. The molecular formula is C23H27FN6. The van der Waals surface area contributed by atoms with Gasteiger partial charge in [0.25, 0.3) is 0 Å². The first-order valence-electron chi connectivity index (χ1n) is 10.8. The SMILES string of the molecule is Fc1cccc(CN2CCC[C@@H](c3[nH]ncc3-c3ccnc(N4CCCC4)n3)C2)c1. The van der Waals surface area contributed by atoms with Crippen molar-refractivity contribution in [1.82, 2.24) is 25.1 Å². The number of rotatable bonds is 5. The molecule has 7 heteroatoms. The monoisotopic (exact) mass is 406 g/mol. The van der Waals surface area contributed by atoms with Gasteiger partial charge in [-0.3, -0.25) is 10.00 Å². The average molecular weight is 407 g/mol. The highest BCUT2D eigenvalue weighted by Gasteiger charge is 2.26. The van der Waals surface area contributed by atoms with Gasteiger partial charge in [0.2, 0.25) is 5.95 Å². The summed E-state index contributed by atoms with van der Waals surface area (Å²) < 4.78 is 13.6. The van der Waals surface area contributed by atoms with Gasteiger partial charge in [-0.15, -0.1) is 0 Å². The fourth-order valence-corrected chi connectivity index (χ4v) is 4.71. The number of benzene rings is 1. The van der Waals surface area contributed by atoms with Crippen LogP contribution in [0.25, 0.3) is 11.3 Å². The van der Waals surface area contributed by atoms with Gasteiger partial charge in [-0.2, -0.15) is 5.10 Å². The maximum absolute atomic E-state index is 13.6. The summed E-state index contributed by atoms with van der Waals surface area (Å²) >= 11 is 0. The molecule has 0 saturated carbocycles. The fraction of sp³-hybridized carbons (Fsp3) is 0.435. The number of hydrogen-bond acceptors (Lipinski definition) is 5. The van der Waals surface area contributed by atoms with Crippen LogP contribution < -0.4 is 4.90 Å². The molecule has 0 bridgehead atoms. The lowest BCUT2D eigenvalue weighted by molar-refractivity contribution is 0.198. The van der Waals surface area contributed by atoms with E-state index in [0.717, 1.165) is 74.0 Å². The van der Waals surface area contributed by atoms with E-state index in [1.54, 1.807) is 12.1 Å². The zero-order chi connectivity index (χ0) is 20.3. The van der Waals surface area contributed by atoms with Crippen molar-refractivity contribution < 1.29 is 4.39 Å². The van der Waals surface area contributed by atoms with Gasteiger partial charge >= 0.3 is 0 Å². The summed E-state index contributed by atoms with van der Waals surface area (Å²) in [6.07, 6.45) is 8.36. The van der Waals surface area contributed by atoms with Crippen LogP contribution in [0.1, 0.15) is 42.9 Å². The van der Waals surface area contributed by atoms with Crippen LogP contribution >= 0.6 is 0 Å². The molecule has 2 aromatic heterocycles. The quantitative estimate of drug-likeness (QED) is 0.694. The summed E-state index contributed by atoms with van der Waals surface area (Å²) in [5.41, 5.74) is 4.16. The number of halogens is 1. The maximum Gasteiger partial charge on any atom is 0.225 e. The molecule has 6 nitrogen and oxygen atoms in total. The van der Waals surface area contributed by atoms with E-state index in [1.165, 1.54) is 18.9 Å². The number of nitrogens with zero attached hydrogens (tertiary/aromatic N) is 5. The zero-order valence-corrected chi connectivity index (χ0v) is 17.1. The molecule has 0 radical (unpaired) electrons. The lowest BCUT2D eigenvalue weighted by Gasteiger charge is -2.32. The Morgan fingerprint density at radius 3 is 2.87 bits per heavy atom. The Kier molecular flexibility index (Phi) is 5.45. The number of aromatic nitrogens is 4. The first-order chi connectivity index (χ1) is 14.8. The molecule has 4 heterocycles. The Morgan fingerprint density at radius 2 is 2.00 bits per heavy atom. The fourth-order valence-electron chi connectivity index (χ4n) is 4.71. The number of aromatic amines is 1. The van der Waals surface area contributed by atoms with Crippen LogP contribution in [0.5, 0.6) is 0 Å². The number of piperidine rings is 1. The van der Waals surface area contributed by atoms with Gasteiger partial charge in [0.05, 0.1) is 11.9 Å². The van der Waals surface area contributed by atoms with E-state index < -0.39 is 0 Å². The predicted octanol–water partition coefficient (Wildman–Crippen LogP) is 3.99. The molecule has 0 aliphatic carbocycles. The smallest absolute Gasteiger partial charge is 0.225 e. The Morgan fingerprint density at radius 1 is 1.10 bits per heavy atom. The molecular weight excluding hydrogens is 379 g/mol. The molecule has 5 rings (SSSR count). The van der Waals surface area contributed by atoms with Crippen LogP contribution in [-0.2, 0) is 6.54 Å². The summed E-state index contributed by atoms with van der Waals surface area (Å²) in [5, 5.41) is 7.60. The van der Waals surface area contributed by atoms with Crippen molar-refractivity contribution in [3.63, 3.8) is 0 Å². The van der Waals surface area contributed by atoms with Gasteiger partial charge in [0.15, 0.2) is 0 Å². The maximum atomic E-state index is 13.6. The van der Waals surface area contributed by atoms with Gasteiger partial charge in [0, 0.05) is 49.6 Å². The lowest BCUT2D eigenvalue weighted by atomic mass is 9.91. The number of nitrogens with one attached hydrogen (secondary N) is 1. The number of hydrogen-bond donors (Lipinski definition) is 1. The van der Waals surface area contributed by atoms with Crippen LogP contribution in [0.4, 0.5) is 10.3 Å². The molecule has 30 heavy (non-hydrogen) atoms. The van der Waals surface area contributed by atoms with Gasteiger partial charge in [0.1, 0.15) is 5.82 Å². The Balaban J connectivity index is 1.34. The zero-order valence-electron chi connectivity index (χ0n) is 17.1. The lowest BCUT2D eigenvalue weighted by Crippen LogP contribution is -2.34. The molecule has 2 saturated heterocycles. The van der Waals surface area contributed by atoms with Crippen molar-refractivity contribution in [2.75, 3.05) is 31.1 Å². The highest BCUT2D eigenvalue weighted by Crippen LogP contribution is 2.33. The van der Waals surface area contributed by atoms with Gasteiger partial charge in [-0.1, -0.05) is 12.1 Å². The van der Waals surface area contributed by atoms with E-state index in [-0.39, 0.29) is 5.82 Å². The first kappa shape index (κ1) is 19.2. The second-order valence-electron chi connectivity index (χ2n) is 8.34. The van der Waals surface area contributed by atoms with E-state index in [0.29, 0.717) is 5.92 Å². The molecule has 2 fully saturated rings. The van der Waals surface area contributed by atoms with Gasteiger partial charge < -0.3 is 4.90 Å². The molecule has 2 aliphatic heterocycles. The van der Waals surface area contributed by atoms with Crippen molar-refractivity contribution in [2.45, 2.75) is 38.1 Å². The molecule has 2 aliphatic rings. The van der Waals surface area contributed by atoms with Crippen LogP contribution in [0, 0.1) is 5.82 Å². The highest BCUT2D eigenvalue weighted by atomic mass is 19.1. The van der Waals surface area contributed by atoms with Crippen LogP contribution in [0.15, 0.2) is 42.7 Å². The normalized spacial score (nSPS) is 20.0. The Bertz CT molecular complexity index is 997. The molecule has 0 spiro atoms. The molecule has 1 atom stereocenters. The van der Waals surface area contributed by atoms with E-state index in [9.17, 15) is 4.39 Å². The summed E-state index contributed by atoms with van der Waals surface area (Å²) in [6.45, 7) is 4.78. The van der Waals surface area contributed by atoms with E-state index in [4.69, 9.17) is 4.98 Å². The summed E-state index contributed by atoms with van der Waals surface area (Å²) in [4.78, 5) is 14.0. The van der Waals surface area contributed by atoms with E-state index in [1.807, 2.05) is 24.5 Å². The minimum Gasteiger partial charge on any atom is -0.341 e. The average Bonchev–Trinajstić information content (AvgIpc) is 3.47. The number of H-pyrrole nitrogens is 1. The second kappa shape index (κ2) is 8.52. The Hall–Kier alpha value is -2.80. The second-order valence-corrected chi connectivity index (χ2v) is 8.34. The minimum atomic E-state index is -0.172. The molecule has 156 valence electrons. The topological polar surface area (TPSA) is 60.9 Å². The molecule has 3 aromatic rings. The minimum absolute atomic E-state index is 0.172.